The molecule has 0 bridgehead atoms. The Morgan fingerprint density at radius 1 is 0.200 bits per heavy atom. The molecular weight excluding hydrogens is 866 g/mol. The van der Waals surface area contributed by atoms with Crippen molar-refractivity contribution in [3.63, 3.8) is 0 Å². The molecule has 4 radical (unpaired) electrons. The molecule has 0 amide bonds. The molecule has 7 saturated heterocycles. The molecule has 0 saturated carbocycles. The SMILES string of the molecule is C1CCOC1.C1CCOC1.C1CCOC1.C1CCOC1.C1CCOC1.C1CCOC1.C1CCOC1.[Li+].[Li+].[Li].[Li].[V].[V].[c-]1ccccc1.[c-]1ccccc1.[c-]1ccccc1.[c-]1ccccc1. The second kappa shape index (κ2) is 73.1. The van der Waals surface area contributed by atoms with Gasteiger partial charge in [0.1, 0.15) is 0 Å². The maximum atomic E-state index is 4.94. The number of ether oxygens (including phenoxy) is 7. The fourth-order valence-electron chi connectivity index (χ4n) is 4.94. The van der Waals surface area contributed by atoms with E-state index in [1.807, 2.05) is 121 Å². The molecule has 0 atom stereocenters. The summed E-state index contributed by atoms with van der Waals surface area (Å²) in [6.45, 7) is 14.0. The Bertz CT molecular complexity index is 843. The van der Waals surface area contributed by atoms with Crippen LogP contribution in [0, 0.1) is 24.3 Å². The van der Waals surface area contributed by atoms with E-state index in [9.17, 15) is 0 Å². The minimum atomic E-state index is 0. The van der Waals surface area contributed by atoms with Gasteiger partial charge in [-0.15, -0.1) is 0 Å². The first-order valence-corrected chi connectivity index (χ1v) is 22.2. The molecule has 7 aliphatic rings. The van der Waals surface area contributed by atoms with Crippen molar-refractivity contribution < 1.29 is 108 Å². The van der Waals surface area contributed by atoms with Gasteiger partial charge in [0.05, 0.1) is 0 Å². The molecule has 11 rings (SSSR count). The van der Waals surface area contributed by atoms with Gasteiger partial charge in [-0.25, -0.2) is 0 Å². The Morgan fingerprint density at radius 2 is 0.308 bits per heavy atom. The Morgan fingerprint density at radius 3 is 0.338 bits per heavy atom. The van der Waals surface area contributed by atoms with Crippen LogP contribution in [0.25, 0.3) is 0 Å². The quantitative estimate of drug-likeness (QED) is 0.186. The van der Waals surface area contributed by atoms with Gasteiger partial charge in [-0.05, 0) is 89.9 Å². The Hall–Kier alpha value is 0.158. The van der Waals surface area contributed by atoms with Crippen molar-refractivity contribution in [2.24, 2.45) is 0 Å². The van der Waals surface area contributed by atoms with Crippen molar-refractivity contribution in [3.8, 4) is 0 Å². The summed E-state index contributed by atoms with van der Waals surface area (Å²) in [7, 11) is 0. The van der Waals surface area contributed by atoms with Crippen molar-refractivity contribution in [1.29, 1.82) is 0 Å². The van der Waals surface area contributed by atoms with Gasteiger partial charge in [-0.3, -0.25) is 0 Å². The molecule has 0 unspecified atom stereocenters. The van der Waals surface area contributed by atoms with Crippen LogP contribution in [0.3, 0.4) is 0 Å². The van der Waals surface area contributed by atoms with Crippen molar-refractivity contribution in [2.75, 3.05) is 92.5 Å². The molecule has 0 N–H and O–H groups in total. The Balaban J connectivity index is -0.000000146. The van der Waals surface area contributed by atoms with Gasteiger partial charge in [0.2, 0.25) is 0 Å². The molecule has 4 aromatic carbocycles. The van der Waals surface area contributed by atoms with Crippen LogP contribution >= 0.6 is 0 Å². The fourth-order valence-corrected chi connectivity index (χ4v) is 4.94. The molecule has 342 valence electrons. The van der Waals surface area contributed by atoms with E-state index in [-0.39, 0.29) is 113 Å². The summed E-state index contributed by atoms with van der Waals surface area (Å²) in [4.78, 5) is 0. The van der Waals surface area contributed by atoms with Crippen LogP contribution in [0.5, 0.6) is 0 Å². The molecule has 0 spiro atoms. The zero-order valence-corrected chi connectivity index (χ0v) is 43.9. The van der Waals surface area contributed by atoms with Crippen LogP contribution in [-0.2, 0) is 70.3 Å². The van der Waals surface area contributed by atoms with Crippen molar-refractivity contribution in [2.45, 2.75) is 89.9 Å². The minimum Gasteiger partial charge on any atom is -0.381 e. The number of hydrogen-bond acceptors (Lipinski definition) is 7. The third kappa shape index (κ3) is 70.8. The predicted molar refractivity (Wildman–Crippen MR) is 253 cm³/mol. The van der Waals surface area contributed by atoms with E-state index in [0.717, 1.165) is 92.5 Å². The van der Waals surface area contributed by atoms with E-state index >= 15 is 0 Å². The summed E-state index contributed by atoms with van der Waals surface area (Å²) in [6.07, 6.45) is 17.9. The van der Waals surface area contributed by atoms with Crippen LogP contribution in [0.4, 0.5) is 0 Å². The largest absolute Gasteiger partial charge is 1.00 e. The first-order valence-electron chi connectivity index (χ1n) is 22.2. The monoisotopic (exact) mass is 943 g/mol. The van der Waals surface area contributed by atoms with E-state index in [1.54, 1.807) is 0 Å². The summed E-state index contributed by atoms with van der Waals surface area (Å²) in [5.74, 6) is 0. The van der Waals surface area contributed by atoms with Gasteiger partial charge in [0, 0.05) is 167 Å². The van der Waals surface area contributed by atoms with Gasteiger partial charge in [-0.1, -0.05) is 0 Å². The van der Waals surface area contributed by atoms with Crippen LogP contribution in [-0.4, -0.2) is 130 Å². The van der Waals surface area contributed by atoms with Crippen LogP contribution < -0.4 is 37.7 Å². The van der Waals surface area contributed by atoms with Crippen molar-refractivity contribution in [3.05, 3.63) is 146 Å². The molecule has 7 heterocycles. The third-order valence-electron chi connectivity index (χ3n) is 8.22. The van der Waals surface area contributed by atoms with Crippen LogP contribution in [0.15, 0.2) is 121 Å². The molecule has 0 aromatic heterocycles. The van der Waals surface area contributed by atoms with Crippen LogP contribution in [0.1, 0.15) is 89.9 Å². The Kier molecular flexibility index (Phi) is 86.2. The molecule has 0 aliphatic carbocycles. The fraction of sp³-hybridized carbons (Fsp3) is 0.538. The molecule has 7 fully saturated rings. The number of rotatable bonds is 0. The summed E-state index contributed by atoms with van der Waals surface area (Å²) in [6, 6.07) is 50.0. The van der Waals surface area contributed by atoms with Gasteiger partial charge in [0.25, 0.3) is 0 Å². The second-order valence-corrected chi connectivity index (χ2v) is 13.5. The summed E-state index contributed by atoms with van der Waals surface area (Å²) >= 11 is 0. The van der Waals surface area contributed by atoms with E-state index in [0.29, 0.717) is 0 Å². The average Bonchev–Trinajstić information content (AvgIpc) is 4.21. The minimum absolute atomic E-state index is 0. The summed E-state index contributed by atoms with van der Waals surface area (Å²) in [5, 5.41) is 0. The summed E-state index contributed by atoms with van der Waals surface area (Å²) < 4.78 is 34.6. The number of benzene rings is 4. The molecule has 13 heteroatoms. The topological polar surface area (TPSA) is 64.6 Å². The first kappa shape index (κ1) is 76.6. The van der Waals surface area contributed by atoms with Gasteiger partial charge in [0.15, 0.2) is 0 Å². The van der Waals surface area contributed by atoms with Gasteiger partial charge < -0.3 is 33.2 Å². The van der Waals surface area contributed by atoms with Crippen molar-refractivity contribution in [1.82, 2.24) is 0 Å². The van der Waals surface area contributed by atoms with Crippen molar-refractivity contribution >= 4 is 37.7 Å². The summed E-state index contributed by atoms with van der Waals surface area (Å²) in [5.41, 5.74) is 0. The average molecular weight is 943 g/mol. The van der Waals surface area contributed by atoms with Crippen LogP contribution in [0.2, 0.25) is 0 Å². The molecule has 4 aromatic rings. The maximum absolute atomic E-state index is 4.94. The predicted octanol–water partition coefficient (Wildman–Crippen LogP) is 4.77. The first-order chi connectivity index (χ1) is 29.5. The molecular formula is C52H76Li4O7V2-2. The number of hydrogen-bond donors (Lipinski definition) is 0. The normalized spacial score (nSPS) is 15.9. The van der Waals surface area contributed by atoms with Gasteiger partial charge in [-0.2, -0.15) is 146 Å². The van der Waals surface area contributed by atoms with E-state index in [4.69, 9.17) is 33.2 Å². The zero-order valence-electron chi connectivity index (χ0n) is 41.1. The third-order valence-corrected chi connectivity index (χ3v) is 8.22. The van der Waals surface area contributed by atoms with E-state index in [1.165, 1.54) is 89.9 Å². The molecule has 7 aliphatic heterocycles. The smallest absolute Gasteiger partial charge is 0.381 e. The standard InChI is InChI=1S/4C6H5.7C4H8O.4Li.2V/c4*1-2-4-6-5-3-1;7*1-2-4-5-3-1;;;;;;/h4*1-5H;7*1-4H2;;;;;;/q4*-1;;;;;;;;;;2*+1;;. The molecule has 65 heavy (non-hydrogen) atoms. The zero-order chi connectivity index (χ0) is 41.7. The maximum Gasteiger partial charge on any atom is 1.00 e. The van der Waals surface area contributed by atoms with E-state index in [2.05, 4.69) is 24.3 Å². The van der Waals surface area contributed by atoms with E-state index < -0.39 is 0 Å². The second-order valence-electron chi connectivity index (χ2n) is 13.5. The Labute approximate surface area is 469 Å². The van der Waals surface area contributed by atoms with Gasteiger partial charge >= 0.3 is 37.7 Å². The molecule has 7 nitrogen and oxygen atoms in total.